The van der Waals surface area contributed by atoms with Crippen LogP contribution in [0.2, 0.25) is 0 Å². The minimum absolute atomic E-state index is 0.0267. The van der Waals surface area contributed by atoms with Gasteiger partial charge in [-0.25, -0.2) is 0 Å². The molecule has 1 saturated carbocycles. The van der Waals surface area contributed by atoms with E-state index in [0.29, 0.717) is 23.9 Å². The van der Waals surface area contributed by atoms with E-state index in [9.17, 15) is 9.59 Å². The Balaban J connectivity index is 1.09. The van der Waals surface area contributed by atoms with Gasteiger partial charge in [0.05, 0.1) is 13.2 Å². The second-order valence-electron chi connectivity index (χ2n) is 9.84. The standard InChI is InChI=1S/C28H33N3O3/c1-34-22-12-13-23-21(15-22)11-14-25-24(23)16-26(30-25)31-28(33)20-9-7-18(8-10-20)17-29-27(32)19-5-3-2-4-6-19/h2-6,12-13,15,18,20,24-25H,7-11,14,16-17H2,1H3,(H,29,32)(H,30,31,33)/t18?,20?,24-,25+/m0/s1. The summed E-state index contributed by atoms with van der Waals surface area (Å²) in [6.45, 7) is 0.669. The number of rotatable bonds is 5. The first-order chi connectivity index (χ1) is 16.6. The minimum Gasteiger partial charge on any atom is -0.497 e. The lowest BCUT2D eigenvalue weighted by atomic mass is 9.79. The van der Waals surface area contributed by atoms with E-state index in [1.54, 1.807) is 7.11 Å². The molecule has 0 bridgehead atoms. The summed E-state index contributed by atoms with van der Waals surface area (Å²) in [5.74, 6) is 2.65. The lowest BCUT2D eigenvalue weighted by Gasteiger charge is -2.28. The van der Waals surface area contributed by atoms with Crippen molar-refractivity contribution in [1.82, 2.24) is 10.6 Å². The van der Waals surface area contributed by atoms with Crippen LogP contribution < -0.4 is 15.4 Å². The molecule has 2 aromatic carbocycles. The number of nitrogens with zero attached hydrogens (tertiary/aromatic N) is 1. The largest absolute Gasteiger partial charge is 0.497 e. The van der Waals surface area contributed by atoms with Gasteiger partial charge >= 0.3 is 0 Å². The summed E-state index contributed by atoms with van der Waals surface area (Å²) in [4.78, 5) is 30.1. The van der Waals surface area contributed by atoms with Crippen molar-refractivity contribution in [3.63, 3.8) is 0 Å². The number of methoxy groups -OCH3 is 1. The van der Waals surface area contributed by atoms with Gasteiger partial charge in [0.2, 0.25) is 5.91 Å². The van der Waals surface area contributed by atoms with E-state index in [-0.39, 0.29) is 23.8 Å². The lowest BCUT2D eigenvalue weighted by molar-refractivity contribution is -0.124. The Morgan fingerprint density at radius 2 is 1.82 bits per heavy atom. The van der Waals surface area contributed by atoms with Crippen molar-refractivity contribution in [1.29, 1.82) is 0 Å². The molecule has 2 aliphatic carbocycles. The minimum atomic E-state index is -0.0267. The first-order valence-electron chi connectivity index (χ1n) is 12.5. The second kappa shape index (κ2) is 10.00. The quantitative estimate of drug-likeness (QED) is 0.702. The summed E-state index contributed by atoms with van der Waals surface area (Å²) in [6, 6.07) is 15.9. The van der Waals surface area contributed by atoms with Gasteiger partial charge in [0.25, 0.3) is 5.91 Å². The summed E-state index contributed by atoms with van der Waals surface area (Å²) in [7, 11) is 1.70. The van der Waals surface area contributed by atoms with Crippen LogP contribution in [0.15, 0.2) is 53.5 Å². The van der Waals surface area contributed by atoms with Crippen molar-refractivity contribution in [2.45, 2.75) is 56.9 Å². The second-order valence-corrected chi connectivity index (χ2v) is 9.84. The van der Waals surface area contributed by atoms with Crippen molar-refractivity contribution in [2.24, 2.45) is 16.8 Å². The molecule has 2 atom stereocenters. The SMILES string of the molecule is COc1ccc2c(c1)CC[C@H]1N=C(NC(=O)C3CCC(CNC(=O)c4ccccc4)CC3)C[C@@H]21. The van der Waals surface area contributed by atoms with Crippen LogP contribution in [0.25, 0.3) is 0 Å². The zero-order valence-corrected chi connectivity index (χ0v) is 19.8. The molecule has 0 unspecified atom stereocenters. The van der Waals surface area contributed by atoms with Crippen LogP contribution in [0.4, 0.5) is 0 Å². The predicted molar refractivity (Wildman–Crippen MR) is 132 cm³/mol. The van der Waals surface area contributed by atoms with Gasteiger partial charge in [-0.1, -0.05) is 24.3 Å². The number of amidine groups is 1. The molecule has 1 aliphatic heterocycles. The van der Waals surface area contributed by atoms with Crippen molar-refractivity contribution >= 4 is 17.6 Å². The molecule has 5 rings (SSSR count). The molecule has 0 radical (unpaired) electrons. The number of aliphatic imine (C=N–C) groups is 1. The summed E-state index contributed by atoms with van der Waals surface area (Å²) in [6.07, 6.45) is 6.46. The third-order valence-electron chi connectivity index (χ3n) is 7.73. The van der Waals surface area contributed by atoms with Crippen molar-refractivity contribution in [3.8, 4) is 5.75 Å². The van der Waals surface area contributed by atoms with E-state index >= 15 is 0 Å². The molecule has 0 spiro atoms. The number of aryl methyl sites for hydroxylation is 1. The molecule has 34 heavy (non-hydrogen) atoms. The van der Waals surface area contributed by atoms with Crippen LogP contribution in [0.5, 0.6) is 5.75 Å². The molecule has 6 heteroatoms. The van der Waals surface area contributed by atoms with Gasteiger partial charge < -0.3 is 15.4 Å². The van der Waals surface area contributed by atoms with E-state index in [1.165, 1.54) is 11.1 Å². The fraction of sp³-hybridized carbons (Fsp3) is 0.464. The summed E-state index contributed by atoms with van der Waals surface area (Å²) in [5, 5.41) is 6.21. The van der Waals surface area contributed by atoms with Crippen LogP contribution in [-0.4, -0.2) is 37.3 Å². The summed E-state index contributed by atoms with van der Waals surface area (Å²) < 4.78 is 5.38. The number of benzene rings is 2. The zero-order chi connectivity index (χ0) is 23.5. The average Bonchev–Trinajstić information content (AvgIpc) is 3.30. The fourth-order valence-electron chi connectivity index (χ4n) is 5.75. The van der Waals surface area contributed by atoms with Gasteiger partial charge in [0, 0.05) is 30.4 Å². The van der Waals surface area contributed by atoms with Gasteiger partial charge in [-0.2, -0.15) is 0 Å². The van der Waals surface area contributed by atoms with E-state index in [2.05, 4.69) is 22.8 Å². The van der Waals surface area contributed by atoms with Crippen LogP contribution in [0.1, 0.15) is 65.9 Å². The monoisotopic (exact) mass is 459 g/mol. The summed E-state index contributed by atoms with van der Waals surface area (Å²) in [5.41, 5.74) is 3.39. The normalized spacial score (nSPS) is 25.5. The Hall–Kier alpha value is -3.15. The number of fused-ring (bicyclic) bond motifs is 3. The molecule has 2 aromatic rings. The molecule has 1 heterocycles. The molecule has 0 saturated heterocycles. The third kappa shape index (κ3) is 4.86. The van der Waals surface area contributed by atoms with Gasteiger partial charge in [0.1, 0.15) is 11.6 Å². The Morgan fingerprint density at radius 1 is 1.03 bits per heavy atom. The number of carbonyl (C=O) groups is 2. The van der Waals surface area contributed by atoms with Crippen molar-refractivity contribution in [2.75, 3.05) is 13.7 Å². The molecule has 2 amide bonds. The van der Waals surface area contributed by atoms with Crippen molar-refractivity contribution < 1.29 is 14.3 Å². The first kappa shape index (κ1) is 22.6. The molecular weight excluding hydrogens is 426 g/mol. The van der Waals surface area contributed by atoms with E-state index in [4.69, 9.17) is 9.73 Å². The topological polar surface area (TPSA) is 79.8 Å². The van der Waals surface area contributed by atoms with E-state index in [1.807, 2.05) is 36.4 Å². The van der Waals surface area contributed by atoms with Crippen LogP contribution in [-0.2, 0) is 11.2 Å². The lowest BCUT2D eigenvalue weighted by Crippen LogP contribution is -2.38. The maximum atomic E-state index is 13.0. The van der Waals surface area contributed by atoms with Crippen molar-refractivity contribution in [3.05, 3.63) is 65.2 Å². The Kier molecular flexibility index (Phi) is 6.66. The number of carbonyl (C=O) groups excluding carboxylic acids is 2. The number of hydrogen-bond acceptors (Lipinski definition) is 4. The number of amides is 2. The number of hydrogen-bond donors (Lipinski definition) is 2. The van der Waals surface area contributed by atoms with E-state index < -0.39 is 0 Å². The Bertz CT molecular complexity index is 1070. The molecular formula is C28H33N3O3. The highest BCUT2D eigenvalue weighted by Gasteiger charge is 2.36. The maximum absolute atomic E-state index is 13.0. The average molecular weight is 460 g/mol. The maximum Gasteiger partial charge on any atom is 0.251 e. The molecule has 178 valence electrons. The predicted octanol–water partition coefficient (Wildman–Crippen LogP) is 4.25. The Morgan fingerprint density at radius 3 is 2.59 bits per heavy atom. The number of ether oxygens (including phenoxy) is 1. The Labute approximate surface area is 201 Å². The summed E-state index contributed by atoms with van der Waals surface area (Å²) >= 11 is 0. The van der Waals surface area contributed by atoms with Gasteiger partial charge in [-0.3, -0.25) is 14.6 Å². The highest BCUT2D eigenvalue weighted by atomic mass is 16.5. The first-order valence-corrected chi connectivity index (χ1v) is 12.5. The molecule has 6 nitrogen and oxygen atoms in total. The van der Waals surface area contributed by atoms with E-state index in [0.717, 1.165) is 56.5 Å². The third-order valence-corrected chi connectivity index (χ3v) is 7.73. The molecule has 2 N–H and O–H groups in total. The molecule has 1 fully saturated rings. The smallest absolute Gasteiger partial charge is 0.251 e. The fourth-order valence-corrected chi connectivity index (χ4v) is 5.75. The van der Waals surface area contributed by atoms with Crippen LogP contribution >= 0.6 is 0 Å². The highest BCUT2D eigenvalue weighted by molar-refractivity contribution is 6.00. The van der Waals surface area contributed by atoms with Gasteiger partial charge in [0.15, 0.2) is 0 Å². The van der Waals surface area contributed by atoms with Crippen LogP contribution in [0.3, 0.4) is 0 Å². The molecule has 0 aromatic heterocycles. The molecule has 3 aliphatic rings. The zero-order valence-electron chi connectivity index (χ0n) is 19.8. The van der Waals surface area contributed by atoms with Gasteiger partial charge in [-0.15, -0.1) is 0 Å². The number of nitrogens with one attached hydrogen (secondary N) is 2. The highest BCUT2D eigenvalue weighted by Crippen LogP contribution is 2.41. The van der Waals surface area contributed by atoms with Crippen LogP contribution in [0, 0.1) is 11.8 Å². The van der Waals surface area contributed by atoms with Gasteiger partial charge in [-0.05, 0) is 79.8 Å².